The molecule has 1 amide bonds. The molecular formula is C16H21FN2O. The maximum absolute atomic E-state index is 13.9. The smallest absolute Gasteiger partial charge is 0.256 e. The number of fused-ring (bicyclic) bond motifs is 1. The Balaban J connectivity index is 1.78. The third-order valence-corrected chi connectivity index (χ3v) is 4.80. The summed E-state index contributed by atoms with van der Waals surface area (Å²) in [5, 5.41) is 0. The lowest BCUT2D eigenvalue weighted by atomic mass is 9.78. The Morgan fingerprint density at radius 3 is 2.85 bits per heavy atom. The molecular weight excluding hydrogens is 255 g/mol. The van der Waals surface area contributed by atoms with Crippen LogP contribution in [-0.4, -0.2) is 29.9 Å². The fraction of sp³-hybridized carbons (Fsp3) is 0.562. The van der Waals surface area contributed by atoms with Crippen LogP contribution in [0.25, 0.3) is 0 Å². The first-order valence-electron chi connectivity index (χ1n) is 7.37. The minimum atomic E-state index is -0.422. The van der Waals surface area contributed by atoms with Gasteiger partial charge in [-0.1, -0.05) is 12.5 Å². The van der Waals surface area contributed by atoms with E-state index in [1.165, 1.54) is 6.07 Å². The van der Waals surface area contributed by atoms with E-state index in [0.29, 0.717) is 18.4 Å². The monoisotopic (exact) mass is 276 g/mol. The predicted molar refractivity (Wildman–Crippen MR) is 75.8 cm³/mol. The van der Waals surface area contributed by atoms with Gasteiger partial charge in [0.1, 0.15) is 5.82 Å². The van der Waals surface area contributed by atoms with E-state index in [1.54, 1.807) is 17.0 Å². The van der Waals surface area contributed by atoms with E-state index < -0.39 is 5.82 Å². The Morgan fingerprint density at radius 1 is 1.35 bits per heavy atom. The second-order valence-corrected chi connectivity index (χ2v) is 6.21. The first-order chi connectivity index (χ1) is 9.56. The van der Waals surface area contributed by atoms with Gasteiger partial charge in [0.25, 0.3) is 5.91 Å². The van der Waals surface area contributed by atoms with Gasteiger partial charge in [-0.05, 0) is 49.3 Å². The number of halogens is 1. The summed E-state index contributed by atoms with van der Waals surface area (Å²) in [6, 6.07) is 4.98. The molecule has 3 unspecified atom stereocenters. The van der Waals surface area contributed by atoms with Gasteiger partial charge < -0.3 is 10.6 Å². The predicted octanol–water partition coefficient (Wildman–Crippen LogP) is 2.33. The van der Waals surface area contributed by atoms with Gasteiger partial charge in [-0.3, -0.25) is 4.79 Å². The van der Waals surface area contributed by atoms with E-state index in [4.69, 9.17) is 5.73 Å². The SMILES string of the molecule is Cc1ccc(C(=O)N2CC3CCCC(N)C3C2)c(F)c1. The van der Waals surface area contributed by atoms with Gasteiger partial charge in [0.2, 0.25) is 0 Å². The zero-order chi connectivity index (χ0) is 14.3. The maximum atomic E-state index is 13.9. The minimum Gasteiger partial charge on any atom is -0.338 e. The van der Waals surface area contributed by atoms with Crippen molar-refractivity contribution in [3.05, 3.63) is 35.1 Å². The largest absolute Gasteiger partial charge is 0.338 e. The molecule has 4 heteroatoms. The molecule has 1 heterocycles. The highest BCUT2D eigenvalue weighted by atomic mass is 19.1. The summed E-state index contributed by atoms with van der Waals surface area (Å²) in [5.74, 6) is 0.274. The van der Waals surface area contributed by atoms with Crippen LogP contribution >= 0.6 is 0 Å². The fourth-order valence-corrected chi connectivity index (χ4v) is 3.65. The molecule has 2 N–H and O–H groups in total. The summed E-state index contributed by atoms with van der Waals surface area (Å²) >= 11 is 0. The molecule has 3 atom stereocenters. The summed E-state index contributed by atoms with van der Waals surface area (Å²) in [4.78, 5) is 14.3. The molecule has 0 radical (unpaired) electrons. The van der Waals surface area contributed by atoms with Crippen molar-refractivity contribution in [1.29, 1.82) is 0 Å². The van der Waals surface area contributed by atoms with Crippen LogP contribution in [0.3, 0.4) is 0 Å². The molecule has 20 heavy (non-hydrogen) atoms. The molecule has 108 valence electrons. The van der Waals surface area contributed by atoms with Gasteiger partial charge >= 0.3 is 0 Å². The zero-order valence-electron chi connectivity index (χ0n) is 11.8. The first kappa shape index (κ1) is 13.6. The average molecular weight is 276 g/mol. The molecule has 3 nitrogen and oxygen atoms in total. The second-order valence-electron chi connectivity index (χ2n) is 6.21. The summed E-state index contributed by atoms with van der Waals surface area (Å²) in [7, 11) is 0. The highest BCUT2D eigenvalue weighted by Gasteiger charge is 2.40. The second kappa shape index (κ2) is 5.17. The number of nitrogens with two attached hydrogens (primary N) is 1. The summed E-state index contributed by atoms with van der Waals surface area (Å²) in [6.07, 6.45) is 3.32. The van der Waals surface area contributed by atoms with E-state index in [0.717, 1.165) is 31.4 Å². The van der Waals surface area contributed by atoms with Crippen LogP contribution in [0.1, 0.15) is 35.2 Å². The Hall–Kier alpha value is -1.42. The Kier molecular flexibility index (Phi) is 3.50. The van der Waals surface area contributed by atoms with E-state index in [9.17, 15) is 9.18 Å². The van der Waals surface area contributed by atoms with Crippen molar-refractivity contribution in [3.63, 3.8) is 0 Å². The number of rotatable bonds is 1. The van der Waals surface area contributed by atoms with Crippen molar-refractivity contribution in [2.24, 2.45) is 17.6 Å². The van der Waals surface area contributed by atoms with Crippen molar-refractivity contribution in [3.8, 4) is 0 Å². The molecule has 1 aliphatic carbocycles. The van der Waals surface area contributed by atoms with Crippen molar-refractivity contribution in [2.75, 3.05) is 13.1 Å². The average Bonchev–Trinajstić information content (AvgIpc) is 2.83. The number of amides is 1. The summed E-state index contributed by atoms with van der Waals surface area (Å²) < 4.78 is 13.9. The third kappa shape index (κ3) is 2.33. The molecule has 2 fully saturated rings. The maximum Gasteiger partial charge on any atom is 0.256 e. The molecule has 3 rings (SSSR count). The Morgan fingerprint density at radius 2 is 2.15 bits per heavy atom. The van der Waals surface area contributed by atoms with Gasteiger partial charge in [0.05, 0.1) is 5.56 Å². The van der Waals surface area contributed by atoms with Gasteiger partial charge in [-0.2, -0.15) is 0 Å². The molecule has 0 spiro atoms. The molecule has 1 saturated heterocycles. The molecule has 0 aromatic heterocycles. The molecule has 1 saturated carbocycles. The van der Waals surface area contributed by atoms with E-state index in [2.05, 4.69) is 0 Å². The number of carbonyl (C=O) groups is 1. The number of nitrogens with zero attached hydrogens (tertiary/aromatic N) is 1. The summed E-state index contributed by atoms with van der Waals surface area (Å²) in [6.45, 7) is 3.23. The zero-order valence-corrected chi connectivity index (χ0v) is 11.8. The van der Waals surface area contributed by atoms with Gasteiger partial charge in [0, 0.05) is 19.1 Å². The third-order valence-electron chi connectivity index (χ3n) is 4.80. The standard InChI is InChI=1S/C16H21FN2O/c1-10-5-6-12(14(17)7-10)16(20)19-8-11-3-2-4-15(18)13(11)9-19/h5-7,11,13,15H,2-4,8-9,18H2,1H3. The number of aryl methyl sites for hydroxylation is 1. The van der Waals surface area contributed by atoms with Crippen molar-refractivity contribution in [1.82, 2.24) is 4.90 Å². The van der Waals surface area contributed by atoms with Crippen LogP contribution in [0.15, 0.2) is 18.2 Å². The van der Waals surface area contributed by atoms with Gasteiger partial charge in [-0.25, -0.2) is 4.39 Å². The lowest BCUT2D eigenvalue weighted by Crippen LogP contribution is -2.38. The number of hydrogen-bond acceptors (Lipinski definition) is 2. The minimum absolute atomic E-state index is 0.183. The van der Waals surface area contributed by atoms with Crippen LogP contribution in [-0.2, 0) is 0 Å². The lowest BCUT2D eigenvalue weighted by Gasteiger charge is -2.29. The van der Waals surface area contributed by atoms with Crippen molar-refractivity contribution >= 4 is 5.91 Å². The first-order valence-corrected chi connectivity index (χ1v) is 7.37. The highest BCUT2D eigenvalue weighted by Crippen LogP contribution is 2.36. The van der Waals surface area contributed by atoms with Gasteiger partial charge in [0.15, 0.2) is 0 Å². The van der Waals surface area contributed by atoms with Crippen LogP contribution in [0, 0.1) is 24.6 Å². The number of likely N-dealkylation sites (tertiary alicyclic amines) is 1. The van der Waals surface area contributed by atoms with Crippen LogP contribution < -0.4 is 5.73 Å². The van der Waals surface area contributed by atoms with E-state index >= 15 is 0 Å². The topological polar surface area (TPSA) is 46.3 Å². The van der Waals surface area contributed by atoms with Crippen LogP contribution in [0.2, 0.25) is 0 Å². The molecule has 1 aromatic carbocycles. The number of hydrogen-bond donors (Lipinski definition) is 1. The summed E-state index contributed by atoms with van der Waals surface area (Å²) in [5.41, 5.74) is 7.17. The lowest BCUT2D eigenvalue weighted by molar-refractivity contribution is 0.0779. The van der Waals surface area contributed by atoms with Gasteiger partial charge in [-0.15, -0.1) is 0 Å². The van der Waals surface area contributed by atoms with Crippen LogP contribution in [0.5, 0.6) is 0 Å². The van der Waals surface area contributed by atoms with E-state index in [1.807, 2.05) is 6.92 Å². The molecule has 1 aromatic rings. The molecule has 0 bridgehead atoms. The van der Waals surface area contributed by atoms with Crippen molar-refractivity contribution < 1.29 is 9.18 Å². The normalized spacial score (nSPS) is 29.4. The van der Waals surface area contributed by atoms with Crippen LogP contribution in [0.4, 0.5) is 4.39 Å². The molecule has 1 aliphatic heterocycles. The van der Waals surface area contributed by atoms with E-state index in [-0.39, 0.29) is 17.5 Å². The Bertz CT molecular complexity index is 531. The Labute approximate surface area is 118 Å². The highest BCUT2D eigenvalue weighted by molar-refractivity contribution is 5.94. The quantitative estimate of drug-likeness (QED) is 0.855. The van der Waals surface area contributed by atoms with Crippen molar-refractivity contribution in [2.45, 2.75) is 32.2 Å². The number of benzene rings is 1. The number of carbonyl (C=O) groups excluding carboxylic acids is 1. The fourth-order valence-electron chi connectivity index (χ4n) is 3.65. The molecule has 2 aliphatic rings.